The summed E-state index contributed by atoms with van der Waals surface area (Å²) in [5.41, 5.74) is 0. The van der Waals surface area contributed by atoms with E-state index in [4.69, 9.17) is 9.63 Å². The largest absolute Gasteiger partial charge is 0.481 e. The maximum Gasteiger partial charge on any atom is 0.305 e. The summed E-state index contributed by atoms with van der Waals surface area (Å²) in [7, 11) is 0. The van der Waals surface area contributed by atoms with Crippen LogP contribution < -0.4 is 10.6 Å². The number of amides is 2. The second kappa shape index (κ2) is 8.30. The number of anilines is 1. The summed E-state index contributed by atoms with van der Waals surface area (Å²) in [5, 5.41) is 17.2. The van der Waals surface area contributed by atoms with Crippen molar-refractivity contribution in [1.29, 1.82) is 0 Å². The van der Waals surface area contributed by atoms with E-state index in [9.17, 15) is 14.4 Å². The molecule has 1 aromatic heterocycles. The highest BCUT2D eigenvalue weighted by Gasteiger charge is 2.12. The van der Waals surface area contributed by atoms with Crippen LogP contribution in [-0.2, 0) is 14.4 Å². The quantitative estimate of drug-likeness (QED) is 0.643. The second-order valence-electron chi connectivity index (χ2n) is 4.43. The molecular weight excluding hydrogens is 298 g/mol. The van der Waals surface area contributed by atoms with Gasteiger partial charge in [-0.2, -0.15) is 0 Å². The fraction of sp³-hybridized carbons (Fsp3) is 0.500. The van der Waals surface area contributed by atoms with Gasteiger partial charge in [-0.1, -0.05) is 5.16 Å². The highest BCUT2D eigenvalue weighted by atomic mass is 32.2. The molecule has 1 atom stereocenters. The molecule has 3 N–H and O–H groups in total. The lowest BCUT2D eigenvalue weighted by Gasteiger charge is -2.10. The Hall–Kier alpha value is -2.03. The predicted molar refractivity (Wildman–Crippen MR) is 77.1 cm³/mol. The van der Waals surface area contributed by atoms with Gasteiger partial charge in [0.2, 0.25) is 11.8 Å². The third-order valence-corrected chi connectivity index (χ3v) is 3.18. The molecule has 2 amide bonds. The van der Waals surface area contributed by atoms with E-state index in [1.807, 2.05) is 0 Å². The Bertz CT molecular complexity index is 517. The van der Waals surface area contributed by atoms with Gasteiger partial charge >= 0.3 is 5.97 Å². The zero-order valence-electron chi connectivity index (χ0n) is 11.7. The van der Waals surface area contributed by atoms with Crippen molar-refractivity contribution < 1.29 is 24.0 Å². The third kappa shape index (κ3) is 7.35. The van der Waals surface area contributed by atoms with Crippen LogP contribution in [0.3, 0.4) is 0 Å². The molecule has 9 heteroatoms. The van der Waals surface area contributed by atoms with E-state index in [0.29, 0.717) is 11.6 Å². The van der Waals surface area contributed by atoms with Crippen molar-refractivity contribution in [3.63, 3.8) is 0 Å². The molecule has 0 bridgehead atoms. The van der Waals surface area contributed by atoms with Crippen LogP contribution in [-0.4, -0.2) is 45.6 Å². The summed E-state index contributed by atoms with van der Waals surface area (Å²) in [6.07, 6.45) is -0.137. The van der Waals surface area contributed by atoms with Gasteiger partial charge in [0, 0.05) is 12.1 Å². The molecule has 1 heterocycles. The van der Waals surface area contributed by atoms with E-state index in [1.165, 1.54) is 0 Å². The number of aliphatic carboxylic acids is 1. The standard InChI is InChI=1S/C12H17N3O5S/c1-7(3-12(18)19)13-10(16)5-21-6-11(17)14-9-4-8(2)20-15-9/h4,7H,3,5-6H2,1-2H3,(H,13,16)(H,18,19)(H,14,15,17). The average Bonchev–Trinajstić information content (AvgIpc) is 2.73. The van der Waals surface area contributed by atoms with Crippen molar-refractivity contribution in [1.82, 2.24) is 10.5 Å². The fourth-order valence-electron chi connectivity index (χ4n) is 1.47. The number of aryl methyl sites for hydroxylation is 1. The molecule has 0 saturated carbocycles. The number of carboxylic acids is 1. The summed E-state index contributed by atoms with van der Waals surface area (Å²) in [5.74, 6) is -0.486. The molecule has 0 saturated heterocycles. The van der Waals surface area contributed by atoms with Gasteiger partial charge in [0.05, 0.1) is 17.9 Å². The van der Waals surface area contributed by atoms with E-state index in [0.717, 1.165) is 11.8 Å². The number of aromatic nitrogens is 1. The monoisotopic (exact) mass is 315 g/mol. The molecule has 0 aliphatic heterocycles. The minimum absolute atomic E-state index is 0.0786. The number of thioether (sulfide) groups is 1. The second-order valence-corrected chi connectivity index (χ2v) is 5.42. The summed E-state index contributed by atoms with van der Waals surface area (Å²) in [4.78, 5) is 33.5. The summed E-state index contributed by atoms with van der Waals surface area (Å²) in [6, 6.07) is 1.14. The first kappa shape index (κ1) is 17.0. The molecular formula is C12H17N3O5S. The molecule has 21 heavy (non-hydrogen) atoms. The minimum atomic E-state index is -0.974. The first-order valence-corrected chi connectivity index (χ1v) is 7.34. The van der Waals surface area contributed by atoms with Gasteiger partial charge in [0.25, 0.3) is 0 Å². The Labute approximate surface area is 125 Å². The normalized spacial score (nSPS) is 11.7. The highest BCUT2D eigenvalue weighted by Crippen LogP contribution is 2.08. The van der Waals surface area contributed by atoms with Crippen LogP contribution in [0.25, 0.3) is 0 Å². The van der Waals surface area contributed by atoms with Crippen LogP contribution in [0.1, 0.15) is 19.1 Å². The molecule has 8 nitrogen and oxygen atoms in total. The predicted octanol–water partition coefficient (Wildman–Crippen LogP) is 0.634. The van der Waals surface area contributed by atoms with Gasteiger partial charge in [-0.05, 0) is 13.8 Å². The van der Waals surface area contributed by atoms with E-state index >= 15 is 0 Å². The smallest absolute Gasteiger partial charge is 0.305 e. The van der Waals surface area contributed by atoms with Crippen LogP contribution in [0.15, 0.2) is 10.6 Å². The molecule has 116 valence electrons. The summed E-state index contributed by atoms with van der Waals surface area (Å²) in [6.45, 7) is 3.32. The van der Waals surface area contributed by atoms with E-state index < -0.39 is 12.0 Å². The van der Waals surface area contributed by atoms with Gasteiger partial charge in [-0.3, -0.25) is 14.4 Å². The summed E-state index contributed by atoms with van der Waals surface area (Å²) < 4.78 is 4.80. The van der Waals surface area contributed by atoms with Gasteiger partial charge < -0.3 is 20.3 Å². The van der Waals surface area contributed by atoms with Crippen molar-refractivity contribution in [3.05, 3.63) is 11.8 Å². The molecule has 0 aromatic carbocycles. The lowest BCUT2D eigenvalue weighted by atomic mass is 10.2. The van der Waals surface area contributed by atoms with Gasteiger partial charge in [-0.15, -0.1) is 11.8 Å². The van der Waals surface area contributed by atoms with E-state index in [2.05, 4.69) is 15.8 Å². The molecule has 0 spiro atoms. The lowest BCUT2D eigenvalue weighted by molar-refractivity contribution is -0.137. The molecule has 1 aromatic rings. The Morgan fingerprint density at radius 3 is 2.62 bits per heavy atom. The molecule has 0 aliphatic rings. The van der Waals surface area contributed by atoms with Crippen molar-refractivity contribution in [2.24, 2.45) is 0 Å². The minimum Gasteiger partial charge on any atom is -0.481 e. The number of hydrogen-bond acceptors (Lipinski definition) is 6. The molecule has 0 aliphatic carbocycles. The highest BCUT2D eigenvalue weighted by molar-refractivity contribution is 8.00. The zero-order valence-corrected chi connectivity index (χ0v) is 12.5. The SMILES string of the molecule is Cc1cc(NC(=O)CSCC(=O)NC(C)CC(=O)O)no1. The van der Waals surface area contributed by atoms with Gasteiger partial charge in [0.1, 0.15) is 5.76 Å². The fourth-order valence-corrected chi connectivity index (χ4v) is 2.10. The van der Waals surface area contributed by atoms with E-state index in [1.54, 1.807) is 19.9 Å². The van der Waals surface area contributed by atoms with Crippen molar-refractivity contribution in [3.8, 4) is 0 Å². The zero-order chi connectivity index (χ0) is 15.8. The van der Waals surface area contributed by atoms with Crippen LogP contribution in [0.4, 0.5) is 5.82 Å². The lowest BCUT2D eigenvalue weighted by Crippen LogP contribution is -2.35. The van der Waals surface area contributed by atoms with Crippen molar-refractivity contribution in [2.75, 3.05) is 16.8 Å². The molecule has 0 radical (unpaired) electrons. The number of nitrogens with one attached hydrogen (secondary N) is 2. The Morgan fingerprint density at radius 1 is 1.38 bits per heavy atom. The Kier molecular flexibility index (Phi) is 6.73. The van der Waals surface area contributed by atoms with Crippen molar-refractivity contribution >= 4 is 35.4 Å². The van der Waals surface area contributed by atoms with Crippen LogP contribution >= 0.6 is 11.8 Å². The topological polar surface area (TPSA) is 122 Å². The molecule has 1 unspecified atom stereocenters. The maximum absolute atomic E-state index is 11.5. The number of nitrogens with zero attached hydrogens (tertiary/aromatic N) is 1. The number of carbonyl (C=O) groups excluding carboxylic acids is 2. The van der Waals surface area contributed by atoms with Gasteiger partial charge in [0.15, 0.2) is 5.82 Å². The first-order chi connectivity index (χ1) is 9.86. The maximum atomic E-state index is 11.5. The van der Waals surface area contributed by atoms with Crippen molar-refractivity contribution in [2.45, 2.75) is 26.3 Å². The number of rotatable bonds is 8. The third-order valence-electron chi connectivity index (χ3n) is 2.25. The van der Waals surface area contributed by atoms with E-state index in [-0.39, 0.29) is 29.7 Å². The number of carboxylic acid groups (broad SMARTS) is 1. The first-order valence-electron chi connectivity index (χ1n) is 6.19. The summed E-state index contributed by atoms with van der Waals surface area (Å²) >= 11 is 1.13. The molecule has 1 rings (SSSR count). The Morgan fingerprint density at radius 2 is 2.05 bits per heavy atom. The van der Waals surface area contributed by atoms with Gasteiger partial charge in [-0.25, -0.2) is 0 Å². The Balaban J connectivity index is 2.19. The average molecular weight is 315 g/mol. The number of hydrogen-bond donors (Lipinski definition) is 3. The van der Waals surface area contributed by atoms with Crippen LogP contribution in [0.2, 0.25) is 0 Å². The van der Waals surface area contributed by atoms with Crippen LogP contribution in [0, 0.1) is 6.92 Å². The van der Waals surface area contributed by atoms with Crippen LogP contribution in [0.5, 0.6) is 0 Å². The number of carbonyl (C=O) groups is 3. The molecule has 0 fully saturated rings.